The molecule has 4 aliphatic heterocycles. The molecule has 8 N–H and O–H groups in total. The molecule has 0 saturated carbocycles. The molecule has 8 rings (SSSR count). The van der Waals surface area contributed by atoms with Crippen molar-refractivity contribution in [1.29, 1.82) is 0 Å². The van der Waals surface area contributed by atoms with E-state index in [9.17, 15) is 41.1 Å². The van der Waals surface area contributed by atoms with E-state index in [4.69, 9.17) is 34.5 Å². The lowest BCUT2D eigenvalue weighted by Gasteiger charge is -2.42. The van der Waals surface area contributed by atoms with Gasteiger partial charge in [-0.1, -0.05) is 71.8 Å². The first kappa shape index (κ1) is 61.4. The lowest BCUT2D eigenvalue weighted by Crippen LogP contribution is -2.55. The molecule has 4 amide bonds. The summed E-state index contributed by atoms with van der Waals surface area (Å²) in [7, 11) is 0. The summed E-state index contributed by atoms with van der Waals surface area (Å²) in [6.07, 6.45) is 1.94. The minimum absolute atomic E-state index is 0.000283. The number of nitrogens with two attached hydrogens (primary N) is 4. The largest absolute Gasteiger partial charge is 0.338 e. The molecule has 416 valence electrons. The number of carbonyl (C=O) groups excluding carboxylic acids is 4. The van der Waals surface area contributed by atoms with Crippen molar-refractivity contribution in [1.82, 2.24) is 19.6 Å². The Morgan fingerprint density at radius 2 is 0.829 bits per heavy atom. The number of benzene rings is 4. The van der Waals surface area contributed by atoms with Crippen LogP contribution < -0.4 is 22.9 Å². The first-order valence-electron chi connectivity index (χ1n) is 26.5. The van der Waals surface area contributed by atoms with E-state index in [2.05, 4.69) is 45.0 Å². The summed E-state index contributed by atoms with van der Waals surface area (Å²) in [5.74, 6) is -6.39. The minimum Gasteiger partial charge on any atom is -0.338 e. The van der Waals surface area contributed by atoms with Crippen molar-refractivity contribution in [2.45, 2.75) is 167 Å². The number of likely N-dealkylation sites (tertiary alicyclic amines) is 4. The van der Waals surface area contributed by atoms with E-state index >= 15 is 0 Å². The van der Waals surface area contributed by atoms with Gasteiger partial charge in [0.1, 0.15) is 5.82 Å². The molecular formula is C58H78ClF5N8O4. The van der Waals surface area contributed by atoms with Crippen molar-refractivity contribution < 1.29 is 41.1 Å². The van der Waals surface area contributed by atoms with E-state index in [1.165, 1.54) is 22.1 Å². The molecule has 12 nitrogen and oxygen atoms in total. The van der Waals surface area contributed by atoms with Gasteiger partial charge in [0.25, 0.3) is 0 Å². The lowest BCUT2D eigenvalue weighted by molar-refractivity contribution is -0.139. The van der Waals surface area contributed by atoms with Crippen LogP contribution in [0.15, 0.2) is 72.8 Å². The molecule has 0 spiro atoms. The molecule has 0 aliphatic carbocycles. The molecule has 76 heavy (non-hydrogen) atoms. The van der Waals surface area contributed by atoms with Gasteiger partial charge < -0.3 is 42.5 Å². The van der Waals surface area contributed by atoms with E-state index in [1.54, 1.807) is 31.7 Å². The first-order chi connectivity index (χ1) is 35.9. The average molecular weight is 1080 g/mol. The number of nitrogens with zero attached hydrogens (tertiary/aromatic N) is 4. The van der Waals surface area contributed by atoms with Crippen LogP contribution in [-0.2, 0) is 19.2 Å². The van der Waals surface area contributed by atoms with Gasteiger partial charge in [0.05, 0.1) is 24.2 Å². The van der Waals surface area contributed by atoms with Crippen LogP contribution in [0.5, 0.6) is 0 Å². The highest BCUT2D eigenvalue weighted by atomic mass is 35.5. The van der Waals surface area contributed by atoms with Crippen molar-refractivity contribution in [3.8, 4) is 0 Å². The second-order valence-electron chi connectivity index (χ2n) is 20.5. The number of likely N-dealkylation sites (N-methyl/N-ethyl adjacent to an activating group) is 4. The summed E-state index contributed by atoms with van der Waals surface area (Å²) >= 11 is 6.25. The predicted molar refractivity (Wildman–Crippen MR) is 289 cm³/mol. The summed E-state index contributed by atoms with van der Waals surface area (Å²) in [5, 5.41) is 0.756. The molecular weight excluding hydrogens is 1000 g/mol. The Morgan fingerprint density at radius 3 is 1.25 bits per heavy atom. The Balaban J connectivity index is 0.000000187. The van der Waals surface area contributed by atoms with Crippen LogP contribution in [0.2, 0.25) is 5.02 Å². The molecule has 4 aromatic carbocycles. The number of piperidine rings is 4. The maximum Gasteiger partial charge on any atom is 0.239 e. The SMILES string of the molecule is CCN1C(=O)[C@@H](N)C[C@@H](c2c(F)c(F)cc(F)c2F)[C@H]1C.CCN1C(=O)[C@@H](N)C[C@@H](c2ccc(C)cc2)[C@H]1C.CCN1C(=O)[C@@H](N)C[C@@H](c2cccc(F)c2C)[C@H]1C.CCN1C(=O)[C@@H](N)C[C@@H](c2ccccc2Cl)[C@H]1C. The fourth-order valence-electron chi connectivity index (χ4n) is 11.7. The number of amides is 4. The highest BCUT2D eigenvalue weighted by Crippen LogP contribution is 2.39. The van der Waals surface area contributed by atoms with Crippen LogP contribution in [-0.4, -0.2) is 118 Å². The molecule has 0 unspecified atom stereocenters. The van der Waals surface area contributed by atoms with Crippen LogP contribution in [0.25, 0.3) is 0 Å². The van der Waals surface area contributed by atoms with Crippen molar-refractivity contribution in [3.63, 3.8) is 0 Å². The quantitative estimate of drug-likeness (QED) is 0.0996. The number of hydrogen-bond acceptors (Lipinski definition) is 8. The fraction of sp³-hybridized carbons (Fsp3) is 0.517. The number of rotatable bonds is 8. The standard InChI is InChI=1S/C15H21FN2O.C15H22N2O.C14H19ClN2O.C14H16F4N2O/c1-4-18-10(3)12(8-14(17)15(18)19)11-6-5-7-13(16)9(11)2;1-4-17-11(3)13(9-14(16)15(17)18)12-7-5-10(2)6-8-12;1-3-17-9(2)11(8-13(16)14(17)18)10-6-4-5-7-12(10)15;1-3-20-6(2)7(4-10(19)14(20)21)11-12(17)8(15)5-9(16)13(11)18/h5-7,10,12,14H,4,8,17H2,1-3H3;5-8,11,13-14H,4,9,16H2,1-3H3;4-7,9,11,13H,3,8,16H2,1-2H3;5-7,10H,3-4,19H2,1-2H3/t10-,12-,14+;11-,13-,14+;9-,11-,13+;6-,7-,10+/m1111/s1. The maximum absolute atomic E-state index is 13.9. The Bertz CT molecular complexity index is 2640. The van der Waals surface area contributed by atoms with E-state index in [0.717, 1.165) is 29.1 Å². The summed E-state index contributed by atoms with van der Waals surface area (Å²) in [4.78, 5) is 54.8. The van der Waals surface area contributed by atoms with Gasteiger partial charge in [0.15, 0.2) is 23.3 Å². The monoisotopic (exact) mass is 1080 g/mol. The summed E-state index contributed by atoms with van der Waals surface area (Å²) < 4.78 is 68.3. The second kappa shape index (κ2) is 26.7. The van der Waals surface area contributed by atoms with Crippen LogP contribution in [0.3, 0.4) is 0 Å². The second-order valence-corrected chi connectivity index (χ2v) is 20.9. The zero-order chi connectivity index (χ0) is 56.6. The topological polar surface area (TPSA) is 185 Å². The van der Waals surface area contributed by atoms with Crippen LogP contribution in [0.1, 0.15) is 138 Å². The Hall–Kier alpha value is -5.46. The number of hydrogen-bond donors (Lipinski definition) is 4. The summed E-state index contributed by atoms with van der Waals surface area (Å²) in [6.45, 7) is 21.7. The molecule has 0 radical (unpaired) electrons. The molecule has 4 heterocycles. The van der Waals surface area contributed by atoms with Gasteiger partial charge in [0.2, 0.25) is 23.6 Å². The first-order valence-corrected chi connectivity index (χ1v) is 26.9. The van der Waals surface area contributed by atoms with Gasteiger partial charge in [0, 0.05) is 90.7 Å². The highest BCUT2D eigenvalue weighted by molar-refractivity contribution is 6.31. The molecule has 18 heteroatoms. The van der Waals surface area contributed by atoms with Gasteiger partial charge in [-0.3, -0.25) is 19.2 Å². The number of carbonyl (C=O) groups is 4. The molecule has 4 aliphatic rings. The minimum atomic E-state index is -1.45. The lowest BCUT2D eigenvalue weighted by atomic mass is 9.80. The van der Waals surface area contributed by atoms with Crippen molar-refractivity contribution >= 4 is 35.2 Å². The van der Waals surface area contributed by atoms with Gasteiger partial charge in [-0.25, -0.2) is 22.0 Å². The van der Waals surface area contributed by atoms with Gasteiger partial charge in [-0.05, 0) is 129 Å². The molecule has 12 atom stereocenters. The third kappa shape index (κ3) is 13.3. The fourth-order valence-corrected chi connectivity index (χ4v) is 11.9. The van der Waals surface area contributed by atoms with Crippen LogP contribution in [0.4, 0.5) is 22.0 Å². The van der Waals surface area contributed by atoms with E-state index in [1.807, 2.05) is 67.8 Å². The summed E-state index contributed by atoms with van der Waals surface area (Å²) in [5.41, 5.74) is 28.1. The van der Waals surface area contributed by atoms with Crippen molar-refractivity contribution in [2.75, 3.05) is 26.2 Å². The Morgan fingerprint density at radius 1 is 0.474 bits per heavy atom. The average Bonchev–Trinajstić information content (AvgIpc) is 3.39. The smallest absolute Gasteiger partial charge is 0.239 e. The molecule has 4 fully saturated rings. The zero-order valence-corrected chi connectivity index (χ0v) is 46.3. The number of halogens is 6. The van der Waals surface area contributed by atoms with E-state index in [-0.39, 0.29) is 77.9 Å². The Kier molecular flexibility index (Phi) is 21.6. The molecule has 0 bridgehead atoms. The van der Waals surface area contributed by atoms with Crippen LogP contribution in [0, 0.1) is 42.9 Å². The van der Waals surface area contributed by atoms with Gasteiger partial charge in [-0.15, -0.1) is 0 Å². The van der Waals surface area contributed by atoms with Crippen LogP contribution >= 0.6 is 11.6 Å². The van der Waals surface area contributed by atoms with Crippen molar-refractivity contribution in [3.05, 3.63) is 140 Å². The molecule has 4 aromatic rings. The van der Waals surface area contributed by atoms with E-state index < -0.39 is 58.9 Å². The predicted octanol–water partition coefficient (Wildman–Crippen LogP) is 8.92. The van der Waals surface area contributed by atoms with Gasteiger partial charge in [-0.2, -0.15) is 0 Å². The molecule has 0 aromatic heterocycles. The van der Waals surface area contributed by atoms with Crippen molar-refractivity contribution in [2.24, 2.45) is 22.9 Å². The summed E-state index contributed by atoms with van der Waals surface area (Å²) in [6, 6.07) is 19.3. The zero-order valence-electron chi connectivity index (χ0n) is 45.5. The third-order valence-corrected chi connectivity index (χ3v) is 16.5. The normalized spacial score (nSPS) is 27.7. The molecule has 4 saturated heterocycles. The highest BCUT2D eigenvalue weighted by Gasteiger charge is 2.43. The Labute approximate surface area is 450 Å². The van der Waals surface area contributed by atoms with Gasteiger partial charge >= 0.3 is 0 Å². The van der Waals surface area contributed by atoms with E-state index in [0.29, 0.717) is 44.0 Å². The number of aryl methyl sites for hydroxylation is 1. The maximum atomic E-state index is 13.9. The third-order valence-electron chi connectivity index (χ3n) is 16.1.